The van der Waals surface area contributed by atoms with Crippen LogP contribution in [0.15, 0.2) is 24.5 Å². The van der Waals surface area contributed by atoms with E-state index >= 15 is 0 Å². The third-order valence-electron chi connectivity index (χ3n) is 3.57. The number of piperazine rings is 1. The predicted molar refractivity (Wildman–Crippen MR) is 77.5 cm³/mol. The largest absolute Gasteiger partial charge is 0.389 e. The third kappa shape index (κ3) is 3.77. The van der Waals surface area contributed by atoms with Crippen molar-refractivity contribution in [3.63, 3.8) is 0 Å². The minimum Gasteiger partial charge on any atom is -0.389 e. The van der Waals surface area contributed by atoms with E-state index in [1.165, 1.54) is 0 Å². The van der Waals surface area contributed by atoms with Crippen LogP contribution in [0.2, 0.25) is 0 Å². The number of amides is 1. The standard InChI is InChI=1S/C15H23N3O2/c1-12-10-17(8-9-18(12)11-15(2,3)20)14(19)13-4-6-16-7-5-13/h4-7,12,20H,8-11H2,1-3H3/t12-/m0/s1. The molecule has 2 heterocycles. The van der Waals surface area contributed by atoms with E-state index < -0.39 is 5.60 Å². The molecule has 5 heteroatoms. The summed E-state index contributed by atoms with van der Waals surface area (Å²) in [6.45, 7) is 8.53. The van der Waals surface area contributed by atoms with Crippen LogP contribution < -0.4 is 0 Å². The Morgan fingerprint density at radius 2 is 2.05 bits per heavy atom. The summed E-state index contributed by atoms with van der Waals surface area (Å²) in [5.41, 5.74) is -0.0194. The molecular weight excluding hydrogens is 254 g/mol. The lowest BCUT2D eigenvalue weighted by Crippen LogP contribution is -2.56. The molecule has 1 aromatic rings. The third-order valence-corrected chi connectivity index (χ3v) is 3.57. The van der Waals surface area contributed by atoms with E-state index in [1.54, 1.807) is 24.5 Å². The van der Waals surface area contributed by atoms with Gasteiger partial charge in [-0.3, -0.25) is 14.7 Å². The first-order chi connectivity index (χ1) is 9.37. The fourth-order valence-corrected chi connectivity index (χ4v) is 2.59. The van der Waals surface area contributed by atoms with E-state index in [2.05, 4.69) is 16.8 Å². The number of nitrogens with zero attached hydrogens (tertiary/aromatic N) is 3. The van der Waals surface area contributed by atoms with Gasteiger partial charge < -0.3 is 10.0 Å². The Kier molecular flexibility index (Phi) is 4.40. The quantitative estimate of drug-likeness (QED) is 0.895. The fourth-order valence-electron chi connectivity index (χ4n) is 2.59. The SMILES string of the molecule is C[C@H]1CN(C(=O)c2ccncc2)CCN1CC(C)(C)O. The van der Waals surface area contributed by atoms with E-state index in [1.807, 2.05) is 18.7 Å². The molecule has 0 aliphatic carbocycles. The monoisotopic (exact) mass is 277 g/mol. The summed E-state index contributed by atoms with van der Waals surface area (Å²) in [7, 11) is 0. The van der Waals surface area contributed by atoms with Crippen molar-refractivity contribution in [2.45, 2.75) is 32.4 Å². The van der Waals surface area contributed by atoms with Gasteiger partial charge in [-0.2, -0.15) is 0 Å². The summed E-state index contributed by atoms with van der Waals surface area (Å²) < 4.78 is 0. The van der Waals surface area contributed by atoms with E-state index in [0.717, 1.165) is 6.54 Å². The van der Waals surface area contributed by atoms with Crippen molar-refractivity contribution in [2.24, 2.45) is 0 Å². The molecule has 0 bridgehead atoms. The van der Waals surface area contributed by atoms with Crippen molar-refractivity contribution in [1.29, 1.82) is 0 Å². The number of carbonyl (C=O) groups excluding carboxylic acids is 1. The number of rotatable bonds is 3. The van der Waals surface area contributed by atoms with Crippen molar-refractivity contribution in [3.8, 4) is 0 Å². The van der Waals surface area contributed by atoms with Crippen LogP contribution in [0, 0.1) is 0 Å². The van der Waals surface area contributed by atoms with E-state index in [-0.39, 0.29) is 11.9 Å². The fraction of sp³-hybridized carbons (Fsp3) is 0.600. The van der Waals surface area contributed by atoms with Gasteiger partial charge in [0, 0.05) is 50.2 Å². The lowest BCUT2D eigenvalue weighted by Gasteiger charge is -2.42. The molecule has 110 valence electrons. The number of aromatic nitrogens is 1. The van der Waals surface area contributed by atoms with Crippen LogP contribution in [0.25, 0.3) is 0 Å². The van der Waals surface area contributed by atoms with Crippen LogP contribution in [0.4, 0.5) is 0 Å². The van der Waals surface area contributed by atoms with Gasteiger partial charge in [0.25, 0.3) is 5.91 Å². The van der Waals surface area contributed by atoms with Crippen LogP contribution in [-0.2, 0) is 0 Å². The van der Waals surface area contributed by atoms with Crippen LogP contribution in [-0.4, -0.2) is 63.6 Å². The van der Waals surface area contributed by atoms with Gasteiger partial charge in [-0.1, -0.05) is 0 Å². The van der Waals surface area contributed by atoms with Crippen LogP contribution >= 0.6 is 0 Å². The molecule has 1 aliphatic rings. The van der Waals surface area contributed by atoms with Gasteiger partial charge >= 0.3 is 0 Å². The first-order valence-electron chi connectivity index (χ1n) is 7.02. The first-order valence-corrected chi connectivity index (χ1v) is 7.02. The zero-order valence-electron chi connectivity index (χ0n) is 12.4. The smallest absolute Gasteiger partial charge is 0.254 e. The summed E-state index contributed by atoms with van der Waals surface area (Å²) >= 11 is 0. The summed E-state index contributed by atoms with van der Waals surface area (Å²) in [4.78, 5) is 20.4. The van der Waals surface area contributed by atoms with E-state index in [9.17, 15) is 9.90 Å². The highest BCUT2D eigenvalue weighted by molar-refractivity contribution is 5.94. The molecule has 1 saturated heterocycles. The highest BCUT2D eigenvalue weighted by atomic mass is 16.3. The number of pyridine rings is 1. The van der Waals surface area contributed by atoms with Crippen molar-refractivity contribution >= 4 is 5.91 Å². The number of β-amino-alcohol motifs (C(OH)–C–C–N with tert-alkyl or cyclic N) is 1. The first kappa shape index (κ1) is 14.9. The molecule has 1 atom stereocenters. The Morgan fingerprint density at radius 3 is 2.60 bits per heavy atom. The van der Waals surface area contributed by atoms with Crippen LogP contribution in [0.5, 0.6) is 0 Å². The second kappa shape index (κ2) is 5.89. The Balaban J connectivity index is 1.97. The number of carbonyl (C=O) groups is 1. The average molecular weight is 277 g/mol. The molecule has 1 aliphatic heterocycles. The molecule has 0 saturated carbocycles. The maximum atomic E-state index is 12.4. The molecule has 5 nitrogen and oxygen atoms in total. The summed E-state index contributed by atoms with van der Waals surface area (Å²) in [6.07, 6.45) is 3.28. The van der Waals surface area contributed by atoms with Crippen LogP contribution in [0.3, 0.4) is 0 Å². The van der Waals surface area contributed by atoms with Crippen LogP contribution in [0.1, 0.15) is 31.1 Å². The van der Waals surface area contributed by atoms with Gasteiger partial charge in [0.15, 0.2) is 0 Å². The molecule has 0 radical (unpaired) electrons. The van der Waals surface area contributed by atoms with Crippen molar-refractivity contribution in [1.82, 2.24) is 14.8 Å². The van der Waals surface area contributed by atoms with Crippen molar-refractivity contribution in [3.05, 3.63) is 30.1 Å². The molecular formula is C15H23N3O2. The van der Waals surface area contributed by atoms with Gasteiger partial charge in [-0.25, -0.2) is 0 Å². The van der Waals surface area contributed by atoms with Gasteiger partial charge in [-0.15, -0.1) is 0 Å². The summed E-state index contributed by atoms with van der Waals surface area (Å²) in [6, 6.07) is 3.74. The second-order valence-corrected chi connectivity index (χ2v) is 6.12. The molecule has 1 N–H and O–H groups in total. The summed E-state index contributed by atoms with van der Waals surface area (Å²) in [5, 5.41) is 9.91. The molecule has 0 spiro atoms. The van der Waals surface area contributed by atoms with E-state index in [4.69, 9.17) is 0 Å². The topological polar surface area (TPSA) is 56.7 Å². The number of hydrogen-bond acceptors (Lipinski definition) is 4. The molecule has 1 aromatic heterocycles. The normalized spacial score (nSPS) is 21.0. The molecule has 2 rings (SSSR count). The maximum Gasteiger partial charge on any atom is 0.254 e. The maximum absolute atomic E-state index is 12.4. The molecule has 20 heavy (non-hydrogen) atoms. The Morgan fingerprint density at radius 1 is 1.40 bits per heavy atom. The van der Waals surface area contributed by atoms with Gasteiger partial charge in [0.05, 0.1) is 5.60 Å². The highest BCUT2D eigenvalue weighted by Gasteiger charge is 2.30. The average Bonchev–Trinajstić information content (AvgIpc) is 2.40. The highest BCUT2D eigenvalue weighted by Crippen LogP contribution is 2.15. The number of aliphatic hydroxyl groups is 1. The minimum absolute atomic E-state index is 0.0576. The minimum atomic E-state index is -0.703. The molecule has 0 aromatic carbocycles. The summed E-state index contributed by atoms with van der Waals surface area (Å²) in [5.74, 6) is 0.0576. The number of hydrogen-bond donors (Lipinski definition) is 1. The lowest BCUT2D eigenvalue weighted by atomic mass is 10.1. The molecule has 1 amide bonds. The Bertz CT molecular complexity index is 456. The second-order valence-electron chi connectivity index (χ2n) is 6.12. The van der Waals surface area contributed by atoms with Crippen molar-refractivity contribution in [2.75, 3.05) is 26.2 Å². The Hall–Kier alpha value is -1.46. The zero-order valence-corrected chi connectivity index (χ0v) is 12.4. The van der Waals surface area contributed by atoms with E-state index in [0.29, 0.717) is 25.2 Å². The Labute approximate surface area is 120 Å². The zero-order chi connectivity index (χ0) is 14.8. The molecule has 0 unspecified atom stereocenters. The van der Waals surface area contributed by atoms with Gasteiger partial charge in [0.1, 0.15) is 0 Å². The lowest BCUT2D eigenvalue weighted by molar-refractivity contribution is -0.00143. The van der Waals surface area contributed by atoms with Crippen molar-refractivity contribution < 1.29 is 9.90 Å². The van der Waals surface area contributed by atoms with Gasteiger partial charge in [0.2, 0.25) is 0 Å². The predicted octanol–water partition coefficient (Wildman–Crippen LogP) is 0.999. The molecule has 1 fully saturated rings. The van der Waals surface area contributed by atoms with Gasteiger partial charge in [-0.05, 0) is 32.9 Å².